The van der Waals surface area contributed by atoms with Gasteiger partial charge in [0.15, 0.2) is 5.82 Å². The second-order valence-corrected chi connectivity index (χ2v) is 5.18. The molecule has 7 heteroatoms. The summed E-state index contributed by atoms with van der Waals surface area (Å²) in [6, 6.07) is 1.79. The molecule has 1 rings (SSSR count). The maximum absolute atomic E-state index is 13.7. The second kappa shape index (κ2) is 5.52. The van der Waals surface area contributed by atoms with Gasteiger partial charge in [0.05, 0.1) is 0 Å². The van der Waals surface area contributed by atoms with Gasteiger partial charge in [-0.15, -0.1) is 0 Å². The molecule has 0 radical (unpaired) electrons. The maximum Gasteiger partial charge on any atom is 0.243 e. The Hall–Kier alpha value is -1.05. The summed E-state index contributed by atoms with van der Waals surface area (Å²) in [6.45, 7) is 1.57. The Morgan fingerprint density at radius 3 is 2.53 bits per heavy atom. The van der Waals surface area contributed by atoms with Crippen LogP contribution < -0.4 is 10.5 Å². The average molecular weight is 264 g/mol. The fourth-order valence-electron chi connectivity index (χ4n) is 1.28. The minimum atomic E-state index is -3.95. The van der Waals surface area contributed by atoms with E-state index in [2.05, 4.69) is 4.72 Å². The zero-order valence-electron chi connectivity index (χ0n) is 9.33. The van der Waals surface area contributed by atoms with Crippen LogP contribution in [0.2, 0.25) is 0 Å². The van der Waals surface area contributed by atoms with Crippen LogP contribution in [-0.2, 0) is 16.6 Å². The molecule has 0 unspecified atom stereocenters. The standard InChI is InChI=1S/C10H14F2N2O2S/c1-2-5-14-17(15,16)9-4-3-8(11)7(6-13)10(9)12/h3-4,14H,2,5-6,13H2,1H3. The van der Waals surface area contributed by atoms with Gasteiger partial charge in [-0.1, -0.05) is 6.92 Å². The number of nitrogens with two attached hydrogens (primary N) is 1. The van der Waals surface area contributed by atoms with Crippen molar-refractivity contribution < 1.29 is 17.2 Å². The first kappa shape index (κ1) is 14.0. The molecule has 96 valence electrons. The number of benzene rings is 1. The van der Waals surface area contributed by atoms with Crippen LogP contribution in [0.5, 0.6) is 0 Å². The predicted molar refractivity (Wildman–Crippen MR) is 59.7 cm³/mol. The van der Waals surface area contributed by atoms with Crippen molar-refractivity contribution in [3.63, 3.8) is 0 Å². The van der Waals surface area contributed by atoms with Crippen LogP contribution in [0.4, 0.5) is 8.78 Å². The Bertz CT molecular complexity index is 503. The Morgan fingerprint density at radius 2 is 2.00 bits per heavy atom. The summed E-state index contributed by atoms with van der Waals surface area (Å²) in [7, 11) is -3.95. The lowest BCUT2D eigenvalue weighted by atomic mass is 10.2. The Balaban J connectivity index is 3.24. The molecule has 3 N–H and O–H groups in total. The molecule has 0 saturated heterocycles. The molecular formula is C10H14F2N2O2S. The SMILES string of the molecule is CCCNS(=O)(=O)c1ccc(F)c(CN)c1F. The minimum absolute atomic E-state index is 0.192. The molecule has 0 aromatic heterocycles. The number of nitrogens with one attached hydrogen (secondary N) is 1. The van der Waals surface area contributed by atoms with Gasteiger partial charge in [0.25, 0.3) is 0 Å². The van der Waals surface area contributed by atoms with Gasteiger partial charge in [-0.25, -0.2) is 21.9 Å². The zero-order valence-corrected chi connectivity index (χ0v) is 10.2. The van der Waals surface area contributed by atoms with Crippen LogP contribution in [0.3, 0.4) is 0 Å². The van der Waals surface area contributed by atoms with Crippen molar-refractivity contribution in [3.05, 3.63) is 29.3 Å². The molecule has 0 amide bonds. The van der Waals surface area contributed by atoms with E-state index in [-0.39, 0.29) is 6.54 Å². The normalized spacial score (nSPS) is 11.8. The van der Waals surface area contributed by atoms with E-state index in [9.17, 15) is 17.2 Å². The van der Waals surface area contributed by atoms with Gasteiger partial charge in [-0.05, 0) is 18.6 Å². The van der Waals surface area contributed by atoms with Crippen LogP contribution in [0, 0.1) is 11.6 Å². The van der Waals surface area contributed by atoms with E-state index in [0.717, 1.165) is 12.1 Å². The molecule has 0 saturated carbocycles. The monoisotopic (exact) mass is 264 g/mol. The van der Waals surface area contributed by atoms with Crippen LogP contribution in [-0.4, -0.2) is 15.0 Å². The van der Waals surface area contributed by atoms with Crippen molar-refractivity contribution in [2.45, 2.75) is 24.8 Å². The van der Waals surface area contributed by atoms with Crippen LogP contribution in [0.25, 0.3) is 0 Å². The highest BCUT2D eigenvalue weighted by atomic mass is 32.2. The first-order valence-corrected chi connectivity index (χ1v) is 6.59. The lowest BCUT2D eigenvalue weighted by Crippen LogP contribution is -2.26. The van der Waals surface area contributed by atoms with Gasteiger partial charge in [0.1, 0.15) is 10.7 Å². The highest BCUT2D eigenvalue weighted by Crippen LogP contribution is 2.20. The van der Waals surface area contributed by atoms with E-state index in [0.29, 0.717) is 6.42 Å². The van der Waals surface area contributed by atoms with E-state index in [1.165, 1.54) is 0 Å². The van der Waals surface area contributed by atoms with E-state index in [1.807, 2.05) is 0 Å². The summed E-state index contributed by atoms with van der Waals surface area (Å²) in [4.78, 5) is -0.576. The number of rotatable bonds is 5. The highest BCUT2D eigenvalue weighted by molar-refractivity contribution is 7.89. The van der Waals surface area contributed by atoms with Gasteiger partial charge < -0.3 is 5.73 Å². The van der Waals surface area contributed by atoms with Crippen molar-refractivity contribution in [3.8, 4) is 0 Å². The molecular weight excluding hydrogens is 250 g/mol. The third kappa shape index (κ3) is 2.99. The zero-order chi connectivity index (χ0) is 13.1. The number of sulfonamides is 1. The predicted octanol–water partition coefficient (Wildman–Crippen LogP) is 1.11. The first-order chi connectivity index (χ1) is 7.94. The van der Waals surface area contributed by atoms with E-state index in [4.69, 9.17) is 5.73 Å². The molecule has 0 bridgehead atoms. The molecule has 4 nitrogen and oxygen atoms in total. The molecule has 17 heavy (non-hydrogen) atoms. The van der Waals surface area contributed by atoms with Crippen molar-refractivity contribution in [2.24, 2.45) is 5.73 Å². The summed E-state index contributed by atoms with van der Waals surface area (Å²) >= 11 is 0. The highest BCUT2D eigenvalue weighted by Gasteiger charge is 2.22. The summed E-state index contributed by atoms with van der Waals surface area (Å²) in [5.74, 6) is -1.98. The minimum Gasteiger partial charge on any atom is -0.326 e. The Kier molecular flexibility index (Phi) is 4.55. The van der Waals surface area contributed by atoms with Gasteiger partial charge >= 0.3 is 0 Å². The molecule has 1 aromatic carbocycles. The van der Waals surface area contributed by atoms with Gasteiger partial charge in [0.2, 0.25) is 10.0 Å². The molecule has 0 fully saturated rings. The van der Waals surface area contributed by atoms with E-state index < -0.39 is 38.7 Å². The third-order valence-corrected chi connectivity index (χ3v) is 3.66. The molecule has 0 heterocycles. The first-order valence-electron chi connectivity index (χ1n) is 5.10. The number of hydrogen-bond acceptors (Lipinski definition) is 3. The summed E-state index contributed by atoms with van der Waals surface area (Å²) < 4.78 is 52.4. The van der Waals surface area contributed by atoms with Crippen molar-refractivity contribution in [1.29, 1.82) is 0 Å². The molecule has 0 aliphatic carbocycles. The largest absolute Gasteiger partial charge is 0.326 e. The molecule has 1 aromatic rings. The summed E-state index contributed by atoms with van der Waals surface area (Å²) in [5, 5.41) is 0. The maximum atomic E-state index is 13.7. The molecule has 0 spiro atoms. The van der Waals surface area contributed by atoms with Crippen molar-refractivity contribution in [1.82, 2.24) is 4.72 Å². The number of halogens is 2. The molecule has 0 atom stereocenters. The van der Waals surface area contributed by atoms with E-state index in [1.54, 1.807) is 6.92 Å². The topological polar surface area (TPSA) is 72.2 Å². The number of hydrogen-bond donors (Lipinski definition) is 2. The Morgan fingerprint density at radius 1 is 1.35 bits per heavy atom. The molecule has 0 aliphatic heterocycles. The van der Waals surface area contributed by atoms with Gasteiger partial charge in [0, 0.05) is 18.7 Å². The average Bonchev–Trinajstić information content (AvgIpc) is 2.26. The lowest BCUT2D eigenvalue weighted by molar-refractivity contribution is 0.525. The lowest BCUT2D eigenvalue weighted by Gasteiger charge is -2.09. The Labute approximate surface area is 98.9 Å². The molecule has 0 aliphatic rings. The van der Waals surface area contributed by atoms with Crippen LogP contribution >= 0.6 is 0 Å². The quantitative estimate of drug-likeness (QED) is 0.837. The van der Waals surface area contributed by atoms with Gasteiger partial charge in [-0.2, -0.15) is 0 Å². The van der Waals surface area contributed by atoms with E-state index >= 15 is 0 Å². The van der Waals surface area contributed by atoms with Crippen LogP contribution in [0.1, 0.15) is 18.9 Å². The van der Waals surface area contributed by atoms with Crippen molar-refractivity contribution >= 4 is 10.0 Å². The fourth-order valence-corrected chi connectivity index (χ4v) is 2.52. The summed E-state index contributed by atoms with van der Waals surface area (Å²) in [5.41, 5.74) is 4.74. The second-order valence-electron chi connectivity index (χ2n) is 3.44. The van der Waals surface area contributed by atoms with Gasteiger partial charge in [-0.3, -0.25) is 0 Å². The van der Waals surface area contributed by atoms with Crippen molar-refractivity contribution in [2.75, 3.05) is 6.54 Å². The third-order valence-electron chi connectivity index (χ3n) is 2.19. The smallest absolute Gasteiger partial charge is 0.243 e. The fraction of sp³-hybridized carbons (Fsp3) is 0.400. The summed E-state index contributed by atoms with van der Waals surface area (Å²) in [6.07, 6.45) is 0.575. The van der Waals surface area contributed by atoms with Crippen LogP contribution in [0.15, 0.2) is 17.0 Å².